The lowest BCUT2D eigenvalue weighted by Gasteiger charge is -2.24. The van der Waals surface area contributed by atoms with Gasteiger partial charge in [-0.25, -0.2) is 4.98 Å². The van der Waals surface area contributed by atoms with Crippen LogP contribution in [0.25, 0.3) is 0 Å². The zero-order valence-corrected chi connectivity index (χ0v) is 11.1. The van der Waals surface area contributed by atoms with E-state index in [0.29, 0.717) is 6.04 Å². The maximum atomic E-state index is 5.82. The molecule has 0 spiro atoms. The van der Waals surface area contributed by atoms with Gasteiger partial charge in [0, 0.05) is 24.8 Å². The Hall–Kier alpha value is -1.09. The van der Waals surface area contributed by atoms with Gasteiger partial charge in [0.05, 0.1) is 0 Å². The second-order valence-corrected chi connectivity index (χ2v) is 5.35. The molecule has 2 heterocycles. The van der Waals surface area contributed by atoms with Crippen LogP contribution in [0.15, 0.2) is 12.3 Å². The highest BCUT2D eigenvalue weighted by molar-refractivity contribution is 5.49. The standard InChI is InChI=1S/C14H23N3/c1-10-7-13(8-11(2)15)9-16-14(10)17-6-4-5-12(17)3/h7,9,11-12H,4-6,8,15H2,1-3H3. The third kappa shape index (κ3) is 2.78. The first kappa shape index (κ1) is 12.4. The normalized spacial score (nSPS) is 21.9. The molecule has 94 valence electrons. The summed E-state index contributed by atoms with van der Waals surface area (Å²) in [4.78, 5) is 7.06. The highest BCUT2D eigenvalue weighted by Gasteiger charge is 2.22. The van der Waals surface area contributed by atoms with Crippen molar-refractivity contribution >= 4 is 5.82 Å². The third-order valence-electron chi connectivity index (χ3n) is 3.49. The molecule has 0 aromatic carbocycles. The van der Waals surface area contributed by atoms with E-state index >= 15 is 0 Å². The quantitative estimate of drug-likeness (QED) is 0.871. The van der Waals surface area contributed by atoms with Gasteiger partial charge in [0.2, 0.25) is 0 Å². The molecule has 0 radical (unpaired) electrons. The van der Waals surface area contributed by atoms with Gasteiger partial charge in [-0.1, -0.05) is 6.07 Å². The average Bonchev–Trinajstić information content (AvgIpc) is 2.64. The van der Waals surface area contributed by atoms with E-state index in [1.165, 1.54) is 24.0 Å². The van der Waals surface area contributed by atoms with Crippen LogP contribution < -0.4 is 10.6 Å². The van der Waals surface area contributed by atoms with E-state index in [2.05, 4.69) is 29.8 Å². The molecule has 3 heteroatoms. The third-order valence-corrected chi connectivity index (χ3v) is 3.49. The van der Waals surface area contributed by atoms with Crippen LogP contribution in [-0.4, -0.2) is 23.6 Å². The first-order valence-electron chi connectivity index (χ1n) is 6.55. The van der Waals surface area contributed by atoms with Crippen molar-refractivity contribution in [1.29, 1.82) is 0 Å². The summed E-state index contributed by atoms with van der Waals surface area (Å²) in [5, 5.41) is 0. The minimum absolute atomic E-state index is 0.202. The van der Waals surface area contributed by atoms with Crippen molar-refractivity contribution in [3.05, 3.63) is 23.4 Å². The van der Waals surface area contributed by atoms with Crippen molar-refractivity contribution in [1.82, 2.24) is 4.98 Å². The van der Waals surface area contributed by atoms with Crippen molar-refractivity contribution in [2.75, 3.05) is 11.4 Å². The highest BCUT2D eigenvalue weighted by Crippen LogP contribution is 2.26. The van der Waals surface area contributed by atoms with Crippen molar-refractivity contribution in [2.24, 2.45) is 5.73 Å². The smallest absolute Gasteiger partial charge is 0.131 e. The van der Waals surface area contributed by atoms with Crippen molar-refractivity contribution < 1.29 is 0 Å². The summed E-state index contributed by atoms with van der Waals surface area (Å²) >= 11 is 0. The fourth-order valence-corrected chi connectivity index (χ4v) is 2.66. The van der Waals surface area contributed by atoms with Gasteiger partial charge in [-0.2, -0.15) is 0 Å². The van der Waals surface area contributed by atoms with E-state index in [9.17, 15) is 0 Å². The monoisotopic (exact) mass is 233 g/mol. The van der Waals surface area contributed by atoms with Crippen LogP contribution in [-0.2, 0) is 6.42 Å². The van der Waals surface area contributed by atoms with Crippen LogP contribution >= 0.6 is 0 Å². The topological polar surface area (TPSA) is 42.1 Å². The number of nitrogens with zero attached hydrogens (tertiary/aromatic N) is 2. The van der Waals surface area contributed by atoms with Gasteiger partial charge in [0.25, 0.3) is 0 Å². The minimum Gasteiger partial charge on any atom is -0.354 e. The molecule has 2 atom stereocenters. The molecule has 0 amide bonds. The second kappa shape index (κ2) is 5.05. The SMILES string of the molecule is Cc1cc(CC(C)N)cnc1N1CCCC1C. The molecule has 3 nitrogen and oxygen atoms in total. The molecule has 2 rings (SSSR count). The minimum atomic E-state index is 0.202. The van der Waals surface area contributed by atoms with Gasteiger partial charge < -0.3 is 10.6 Å². The van der Waals surface area contributed by atoms with E-state index in [-0.39, 0.29) is 6.04 Å². The van der Waals surface area contributed by atoms with E-state index in [1.807, 2.05) is 13.1 Å². The maximum Gasteiger partial charge on any atom is 0.131 e. The Morgan fingerprint density at radius 3 is 2.88 bits per heavy atom. The van der Waals surface area contributed by atoms with Crippen LogP contribution in [0.1, 0.15) is 37.8 Å². The summed E-state index contributed by atoms with van der Waals surface area (Å²) in [7, 11) is 0. The summed E-state index contributed by atoms with van der Waals surface area (Å²) in [6.45, 7) is 7.61. The van der Waals surface area contributed by atoms with Crippen LogP contribution in [0.5, 0.6) is 0 Å². The number of aryl methyl sites for hydroxylation is 1. The number of hydrogen-bond acceptors (Lipinski definition) is 3. The van der Waals surface area contributed by atoms with E-state index in [0.717, 1.165) is 18.8 Å². The van der Waals surface area contributed by atoms with Gasteiger partial charge in [-0.15, -0.1) is 0 Å². The highest BCUT2D eigenvalue weighted by atomic mass is 15.2. The molecule has 2 unspecified atom stereocenters. The lowest BCUT2D eigenvalue weighted by atomic mass is 10.1. The number of pyridine rings is 1. The van der Waals surface area contributed by atoms with Crippen molar-refractivity contribution in [3.63, 3.8) is 0 Å². The summed E-state index contributed by atoms with van der Waals surface area (Å²) in [6, 6.07) is 3.06. The molecular weight excluding hydrogens is 210 g/mol. The zero-order chi connectivity index (χ0) is 12.4. The fourth-order valence-electron chi connectivity index (χ4n) is 2.66. The van der Waals surface area contributed by atoms with Gasteiger partial charge in [0.15, 0.2) is 0 Å². The van der Waals surface area contributed by atoms with Gasteiger partial charge in [-0.05, 0) is 51.2 Å². The molecule has 0 saturated carbocycles. The largest absolute Gasteiger partial charge is 0.354 e. The Labute approximate surface area is 104 Å². The van der Waals surface area contributed by atoms with Gasteiger partial charge in [0.1, 0.15) is 5.82 Å². The van der Waals surface area contributed by atoms with E-state index in [1.54, 1.807) is 0 Å². The van der Waals surface area contributed by atoms with Crippen LogP contribution in [0.4, 0.5) is 5.82 Å². The molecule has 1 saturated heterocycles. The molecule has 0 aliphatic carbocycles. The Morgan fingerprint density at radius 2 is 2.35 bits per heavy atom. The van der Waals surface area contributed by atoms with Crippen LogP contribution in [0.3, 0.4) is 0 Å². The first-order valence-corrected chi connectivity index (χ1v) is 6.55. The number of hydrogen-bond donors (Lipinski definition) is 1. The maximum absolute atomic E-state index is 5.82. The lowest BCUT2D eigenvalue weighted by molar-refractivity contribution is 0.718. The molecule has 1 aliphatic rings. The molecule has 1 aliphatic heterocycles. The molecule has 1 aromatic rings. The predicted octanol–water partition coefficient (Wildman–Crippen LogP) is 2.27. The molecular formula is C14H23N3. The number of rotatable bonds is 3. The second-order valence-electron chi connectivity index (χ2n) is 5.35. The average molecular weight is 233 g/mol. The number of aromatic nitrogens is 1. The molecule has 0 bridgehead atoms. The Morgan fingerprint density at radius 1 is 1.59 bits per heavy atom. The predicted molar refractivity (Wildman–Crippen MR) is 72.4 cm³/mol. The van der Waals surface area contributed by atoms with Crippen molar-refractivity contribution in [3.8, 4) is 0 Å². The lowest BCUT2D eigenvalue weighted by Crippen LogP contribution is -2.28. The molecule has 1 aromatic heterocycles. The van der Waals surface area contributed by atoms with Crippen molar-refractivity contribution in [2.45, 2.75) is 52.1 Å². The fraction of sp³-hybridized carbons (Fsp3) is 0.643. The Balaban J connectivity index is 2.19. The Kier molecular flexibility index (Phi) is 3.67. The zero-order valence-electron chi connectivity index (χ0n) is 11.1. The molecule has 17 heavy (non-hydrogen) atoms. The van der Waals surface area contributed by atoms with Crippen LogP contribution in [0, 0.1) is 6.92 Å². The van der Waals surface area contributed by atoms with E-state index in [4.69, 9.17) is 5.73 Å². The number of nitrogens with two attached hydrogens (primary N) is 1. The molecule has 2 N–H and O–H groups in total. The Bertz CT molecular complexity index is 387. The summed E-state index contributed by atoms with van der Waals surface area (Å²) in [5.41, 5.74) is 8.34. The summed E-state index contributed by atoms with van der Waals surface area (Å²) in [5.74, 6) is 1.16. The van der Waals surface area contributed by atoms with E-state index < -0.39 is 0 Å². The van der Waals surface area contributed by atoms with Gasteiger partial charge in [-0.3, -0.25) is 0 Å². The first-order chi connectivity index (χ1) is 8.08. The summed E-state index contributed by atoms with van der Waals surface area (Å²) in [6.07, 6.45) is 5.45. The van der Waals surface area contributed by atoms with Gasteiger partial charge >= 0.3 is 0 Å². The summed E-state index contributed by atoms with van der Waals surface area (Å²) < 4.78 is 0. The number of anilines is 1. The molecule has 1 fully saturated rings. The van der Waals surface area contributed by atoms with Crippen LogP contribution in [0.2, 0.25) is 0 Å².